The average molecular weight is 300 g/mol. The number of nitrogens with two attached hydrogens (primary N) is 1. The van der Waals surface area contributed by atoms with Crippen LogP contribution in [0.2, 0.25) is 0 Å². The minimum atomic E-state index is -0.474. The number of rotatable bonds is 4. The van der Waals surface area contributed by atoms with Gasteiger partial charge in [0, 0.05) is 0 Å². The summed E-state index contributed by atoms with van der Waals surface area (Å²) >= 11 is 3.28. The summed E-state index contributed by atoms with van der Waals surface area (Å²) in [5.74, 6) is 0.241. The highest BCUT2D eigenvalue weighted by atomic mass is 79.9. The molecular weight excluding hydrogens is 282 g/mol. The molecule has 1 aromatic heterocycles. The van der Waals surface area contributed by atoms with Gasteiger partial charge < -0.3 is 11.1 Å². The SMILES string of the molecule is Cc1nc(Br)ccc1NC(=O)[C@@H](N)CC(C)C. The van der Waals surface area contributed by atoms with Crippen LogP contribution < -0.4 is 11.1 Å². The highest BCUT2D eigenvalue weighted by Gasteiger charge is 2.15. The van der Waals surface area contributed by atoms with Gasteiger partial charge in [0.05, 0.1) is 17.4 Å². The van der Waals surface area contributed by atoms with Crippen molar-refractivity contribution in [2.75, 3.05) is 5.32 Å². The van der Waals surface area contributed by atoms with Gasteiger partial charge in [0.2, 0.25) is 5.91 Å². The van der Waals surface area contributed by atoms with Crippen LogP contribution in [0.4, 0.5) is 5.69 Å². The lowest BCUT2D eigenvalue weighted by Gasteiger charge is -2.15. The molecule has 0 spiro atoms. The number of aromatic nitrogens is 1. The van der Waals surface area contributed by atoms with Gasteiger partial charge in [-0.25, -0.2) is 4.98 Å². The summed E-state index contributed by atoms with van der Waals surface area (Å²) in [7, 11) is 0. The minimum Gasteiger partial charge on any atom is -0.323 e. The summed E-state index contributed by atoms with van der Waals surface area (Å²) in [5, 5.41) is 2.80. The standard InChI is InChI=1S/C12H18BrN3O/c1-7(2)6-9(14)12(17)16-10-4-5-11(13)15-8(10)3/h4-5,7,9H,6,14H2,1-3H3,(H,16,17)/t9-/m0/s1. The molecule has 1 amide bonds. The molecule has 0 bridgehead atoms. The Kier molecular flexibility index (Phi) is 5.08. The van der Waals surface area contributed by atoms with Crippen molar-refractivity contribution < 1.29 is 4.79 Å². The monoisotopic (exact) mass is 299 g/mol. The van der Waals surface area contributed by atoms with Crippen molar-refractivity contribution >= 4 is 27.5 Å². The van der Waals surface area contributed by atoms with Crippen LogP contribution in [-0.4, -0.2) is 16.9 Å². The lowest BCUT2D eigenvalue weighted by molar-refractivity contribution is -0.117. The fourth-order valence-electron chi connectivity index (χ4n) is 1.50. The Labute approximate surface area is 110 Å². The first-order chi connectivity index (χ1) is 7.90. The van der Waals surface area contributed by atoms with E-state index in [0.29, 0.717) is 18.0 Å². The van der Waals surface area contributed by atoms with E-state index in [0.717, 1.165) is 10.3 Å². The summed E-state index contributed by atoms with van der Waals surface area (Å²) in [5.41, 5.74) is 7.28. The number of hydrogen-bond donors (Lipinski definition) is 2. The quantitative estimate of drug-likeness (QED) is 0.839. The molecule has 4 nitrogen and oxygen atoms in total. The Morgan fingerprint density at radius 1 is 1.53 bits per heavy atom. The number of nitrogens with zero attached hydrogens (tertiary/aromatic N) is 1. The van der Waals surface area contributed by atoms with Crippen LogP contribution in [0.5, 0.6) is 0 Å². The predicted molar refractivity (Wildman–Crippen MR) is 72.7 cm³/mol. The fraction of sp³-hybridized carbons (Fsp3) is 0.500. The second kappa shape index (κ2) is 6.12. The molecule has 0 unspecified atom stereocenters. The highest BCUT2D eigenvalue weighted by Crippen LogP contribution is 2.16. The second-order valence-electron chi connectivity index (χ2n) is 4.49. The average Bonchev–Trinajstić information content (AvgIpc) is 2.21. The first-order valence-corrected chi connectivity index (χ1v) is 6.39. The second-order valence-corrected chi connectivity index (χ2v) is 5.30. The van der Waals surface area contributed by atoms with E-state index in [1.54, 1.807) is 6.07 Å². The summed E-state index contributed by atoms with van der Waals surface area (Å²) in [6.07, 6.45) is 0.675. The first kappa shape index (κ1) is 14.1. The lowest BCUT2D eigenvalue weighted by Crippen LogP contribution is -2.36. The van der Waals surface area contributed by atoms with Crippen LogP contribution in [0, 0.1) is 12.8 Å². The highest BCUT2D eigenvalue weighted by molar-refractivity contribution is 9.10. The van der Waals surface area contributed by atoms with E-state index in [2.05, 4.69) is 26.2 Å². The Hall–Kier alpha value is -0.940. The van der Waals surface area contributed by atoms with Gasteiger partial charge in [-0.15, -0.1) is 0 Å². The number of hydrogen-bond acceptors (Lipinski definition) is 3. The Bertz CT molecular complexity index is 407. The number of carbonyl (C=O) groups excluding carboxylic acids is 1. The van der Waals surface area contributed by atoms with Crippen LogP contribution in [0.3, 0.4) is 0 Å². The van der Waals surface area contributed by atoms with Gasteiger partial charge in [0.25, 0.3) is 0 Å². The maximum Gasteiger partial charge on any atom is 0.241 e. The molecule has 0 aliphatic carbocycles. The zero-order valence-corrected chi connectivity index (χ0v) is 11.9. The van der Waals surface area contributed by atoms with E-state index >= 15 is 0 Å². The Morgan fingerprint density at radius 3 is 2.71 bits per heavy atom. The topological polar surface area (TPSA) is 68.0 Å². The summed E-state index contributed by atoms with van der Waals surface area (Å²) in [4.78, 5) is 16.0. The molecule has 1 aromatic rings. The molecule has 0 fully saturated rings. The van der Waals surface area contributed by atoms with E-state index in [-0.39, 0.29) is 5.91 Å². The van der Waals surface area contributed by atoms with Crippen LogP contribution >= 0.6 is 15.9 Å². The van der Waals surface area contributed by atoms with E-state index in [1.807, 2.05) is 26.8 Å². The van der Waals surface area contributed by atoms with Crippen molar-refractivity contribution in [3.63, 3.8) is 0 Å². The van der Waals surface area contributed by atoms with Crippen molar-refractivity contribution in [3.05, 3.63) is 22.4 Å². The smallest absolute Gasteiger partial charge is 0.241 e. The molecule has 3 N–H and O–H groups in total. The lowest BCUT2D eigenvalue weighted by atomic mass is 10.0. The molecule has 0 saturated heterocycles. The van der Waals surface area contributed by atoms with Crippen molar-refractivity contribution in [2.45, 2.75) is 33.2 Å². The van der Waals surface area contributed by atoms with E-state index in [4.69, 9.17) is 5.73 Å². The molecule has 0 saturated carbocycles. The maximum absolute atomic E-state index is 11.8. The van der Waals surface area contributed by atoms with Crippen molar-refractivity contribution in [3.8, 4) is 0 Å². The molecule has 1 atom stereocenters. The number of halogens is 1. The van der Waals surface area contributed by atoms with Crippen molar-refractivity contribution in [1.29, 1.82) is 0 Å². The third-order valence-electron chi connectivity index (χ3n) is 2.37. The largest absolute Gasteiger partial charge is 0.323 e. The number of pyridine rings is 1. The molecule has 5 heteroatoms. The minimum absolute atomic E-state index is 0.161. The Morgan fingerprint density at radius 2 is 2.18 bits per heavy atom. The van der Waals surface area contributed by atoms with E-state index < -0.39 is 6.04 Å². The third-order valence-corrected chi connectivity index (χ3v) is 2.81. The zero-order chi connectivity index (χ0) is 13.0. The molecule has 1 heterocycles. The van der Waals surface area contributed by atoms with Gasteiger partial charge in [0.15, 0.2) is 0 Å². The molecule has 0 radical (unpaired) electrons. The maximum atomic E-state index is 11.8. The molecule has 0 aliphatic rings. The van der Waals surface area contributed by atoms with Gasteiger partial charge in [-0.3, -0.25) is 4.79 Å². The zero-order valence-electron chi connectivity index (χ0n) is 10.3. The molecule has 0 aliphatic heterocycles. The number of nitrogens with one attached hydrogen (secondary N) is 1. The number of anilines is 1. The van der Waals surface area contributed by atoms with Crippen LogP contribution in [-0.2, 0) is 4.79 Å². The van der Waals surface area contributed by atoms with E-state index in [1.165, 1.54) is 0 Å². The third kappa shape index (κ3) is 4.44. The normalized spacial score (nSPS) is 12.6. The molecule has 1 rings (SSSR count). The predicted octanol–water partition coefficient (Wildman–Crippen LogP) is 2.46. The van der Waals surface area contributed by atoms with Gasteiger partial charge in [-0.2, -0.15) is 0 Å². The summed E-state index contributed by atoms with van der Waals surface area (Å²) < 4.78 is 0.750. The first-order valence-electron chi connectivity index (χ1n) is 5.59. The van der Waals surface area contributed by atoms with Crippen LogP contribution in [0.1, 0.15) is 26.0 Å². The summed E-state index contributed by atoms with van der Waals surface area (Å²) in [6.45, 7) is 5.92. The van der Waals surface area contributed by atoms with Crippen molar-refractivity contribution in [2.24, 2.45) is 11.7 Å². The molecule has 94 valence electrons. The molecule has 17 heavy (non-hydrogen) atoms. The molecular formula is C12H18BrN3O. The number of aryl methyl sites for hydroxylation is 1. The fourth-order valence-corrected chi connectivity index (χ4v) is 1.90. The number of carbonyl (C=O) groups is 1. The Balaban J connectivity index is 2.67. The van der Waals surface area contributed by atoms with Gasteiger partial charge >= 0.3 is 0 Å². The summed E-state index contributed by atoms with van der Waals surface area (Å²) in [6, 6.07) is 3.13. The van der Waals surface area contributed by atoms with Gasteiger partial charge in [-0.05, 0) is 47.3 Å². The van der Waals surface area contributed by atoms with Gasteiger partial charge in [0.1, 0.15) is 4.60 Å². The van der Waals surface area contributed by atoms with Crippen molar-refractivity contribution in [1.82, 2.24) is 4.98 Å². The number of amides is 1. The van der Waals surface area contributed by atoms with Crippen LogP contribution in [0.15, 0.2) is 16.7 Å². The molecule has 0 aromatic carbocycles. The van der Waals surface area contributed by atoms with Crippen LogP contribution in [0.25, 0.3) is 0 Å². The van der Waals surface area contributed by atoms with E-state index in [9.17, 15) is 4.79 Å². The van der Waals surface area contributed by atoms with Gasteiger partial charge in [-0.1, -0.05) is 13.8 Å².